The van der Waals surface area contributed by atoms with Crippen LogP contribution in [-0.4, -0.2) is 17.1 Å². The average Bonchev–Trinajstić information content (AvgIpc) is 2.56. The Kier molecular flexibility index (Phi) is 2.04. The van der Waals surface area contributed by atoms with Gasteiger partial charge in [0.1, 0.15) is 5.75 Å². The highest BCUT2D eigenvalue weighted by atomic mass is 16.5. The number of H-pyrrole nitrogens is 1. The van der Waals surface area contributed by atoms with Gasteiger partial charge in [-0.15, -0.1) is 0 Å². The molecule has 0 fully saturated rings. The first-order chi connectivity index (χ1) is 6.74. The summed E-state index contributed by atoms with van der Waals surface area (Å²) in [6, 6.07) is 3.89. The Balaban J connectivity index is 2.72. The minimum Gasteiger partial charge on any atom is -0.497 e. The van der Waals surface area contributed by atoms with Gasteiger partial charge in [0.15, 0.2) is 5.95 Å². The Labute approximate surface area is 82.1 Å². The normalized spacial score (nSPS) is 10.7. The maximum Gasteiger partial charge on any atom is 0.198 e. The van der Waals surface area contributed by atoms with Crippen LogP contribution >= 0.6 is 0 Å². The molecule has 0 saturated heterocycles. The Morgan fingerprint density at radius 2 is 2.29 bits per heavy atom. The summed E-state index contributed by atoms with van der Waals surface area (Å²) in [4.78, 5) is 7.22. The monoisotopic (exact) mass is 191 g/mol. The van der Waals surface area contributed by atoms with Gasteiger partial charge in [-0.3, -0.25) is 0 Å². The maximum atomic E-state index is 5.60. The lowest BCUT2D eigenvalue weighted by atomic mass is 10.1. The van der Waals surface area contributed by atoms with Gasteiger partial charge < -0.3 is 15.5 Å². The molecule has 0 aliphatic rings. The molecular formula is C10H13N3O. The third kappa shape index (κ3) is 1.28. The first-order valence-electron chi connectivity index (χ1n) is 4.56. The molecule has 2 rings (SSSR count). The third-order valence-electron chi connectivity index (χ3n) is 2.27. The summed E-state index contributed by atoms with van der Waals surface area (Å²) >= 11 is 0. The second-order valence-electron chi connectivity index (χ2n) is 3.16. The number of fused-ring (bicyclic) bond motifs is 1. The molecule has 0 spiro atoms. The molecule has 1 aromatic carbocycles. The number of rotatable bonds is 2. The van der Waals surface area contributed by atoms with Crippen LogP contribution in [0.2, 0.25) is 0 Å². The van der Waals surface area contributed by atoms with Crippen LogP contribution in [0.1, 0.15) is 12.5 Å². The Hall–Kier alpha value is -1.71. The zero-order valence-corrected chi connectivity index (χ0v) is 8.29. The number of benzene rings is 1. The quantitative estimate of drug-likeness (QED) is 0.759. The topological polar surface area (TPSA) is 63.9 Å². The zero-order chi connectivity index (χ0) is 10.1. The Morgan fingerprint density at radius 1 is 1.50 bits per heavy atom. The Morgan fingerprint density at radius 3 is 2.93 bits per heavy atom. The molecule has 0 amide bonds. The summed E-state index contributed by atoms with van der Waals surface area (Å²) < 4.78 is 5.19. The van der Waals surface area contributed by atoms with Crippen molar-refractivity contribution >= 4 is 17.0 Å². The molecule has 0 bridgehead atoms. The molecule has 0 aliphatic heterocycles. The van der Waals surface area contributed by atoms with Crippen LogP contribution in [0.3, 0.4) is 0 Å². The summed E-state index contributed by atoms with van der Waals surface area (Å²) in [7, 11) is 1.65. The summed E-state index contributed by atoms with van der Waals surface area (Å²) in [6.45, 7) is 2.08. The number of hydrogen-bond acceptors (Lipinski definition) is 3. The number of nitrogens with two attached hydrogens (primary N) is 1. The second-order valence-corrected chi connectivity index (χ2v) is 3.16. The fourth-order valence-corrected chi connectivity index (χ4v) is 1.57. The number of aryl methyl sites for hydroxylation is 1. The van der Waals surface area contributed by atoms with Crippen molar-refractivity contribution < 1.29 is 4.74 Å². The number of nitrogens with one attached hydrogen (secondary N) is 1. The van der Waals surface area contributed by atoms with E-state index in [4.69, 9.17) is 10.5 Å². The van der Waals surface area contributed by atoms with Crippen molar-refractivity contribution in [1.29, 1.82) is 0 Å². The van der Waals surface area contributed by atoms with Gasteiger partial charge >= 0.3 is 0 Å². The lowest BCUT2D eigenvalue weighted by Gasteiger charge is -2.03. The molecular weight excluding hydrogens is 178 g/mol. The number of aromatic amines is 1. The van der Waals surface area contributed by atoms with E-state index in [1.807, 2.05) is 12.1 Å². The number of hydrogen-bond donors (Lipinski definition) is 2. The van der Waals surface area contributed by atoms with Crippen molar-refractivity contribution in [3.05, 3.63) is 17.7 Å². The molecule has 14 heavy (non-hydrogen) atoms. The summed E-state index contributed by atoms with van der Waals surface area (Å²) in [6.07, 6.45) is 0.915. The highest BCUT2D eigenvalue weighted by molar-refractivity contribution is 5.82. The smallest absolute Gasteiger partial charge is 0.198 e. The van der Waals surface area contributed by atoms with Crippen molar-refractivity contribution in [2.45, 2.75) is 13.3 Å². The largest absolute Gasteiger partial charge is 0.497 e. The van der Waals surface area contributed by atoms with Crippen LogP contribution in [0, 0.1) is 0 Å². The van der Waals surface area contributed by atoms with Gasteiger partial charge in [-0.2, -0.15) is 0 Å². The fraction of sp³-hybridized carbons (Fsp3) is 0.300. The summed E-state index contributed by atoms with van der Waals surface area (Å²) in [5, 5.41) is 0. The molecule has 2 aromatic rings. The van der Waals surface area contributed by atoms with Crippen molar-refractivity contribution in [3.63, 3.8) is 0 Å². The number of aromatic nitrogens is 2. The minimum atomic E-state index is 0.447. The van der Waals surface area contributed by atoms with E-state index in [1.54, 1.807) is 7.11 Å². The number of nitrogen functional groups attached to an aromatic ring is 1. The molecule has 74 valence electrons. The first kappa shape index (κ1) is 8.87. The molecule has 0 atom stereocenters. The van der Waals surface area contributed by atoms with Gasteiger partial charge in [-0.25, -0.2) is 4.98 Å². The predicted octanol–water partition coefficient (Wildman–Crippen LogP) is 1.72. The van der Waals surface area contributed by atoms with Gasteiger partial charge in [0.05, 0.1) is 18.1 Å². The summed E-state index contributed by atoms with van der Waals surface area (Å²) in [5.41, 5.74) is 8.61. The number of methoxy groups -OCH3 is 1. The van der Waals surface area contributed by atoms with Gasteiger partial charge in [0.25, 0.3) is 0 Å². The highest BCUT2D eigenvalue weighted by Crippen LogP contribution is 2.24. The third-order valence-corrected chi connectivity index (χ3v) is 2.27. The SMILES string of the molecule is CCc1cc(OC)cc2[nH]c(N)nc12. The van der Waals surface area contributed by atoms with E-state index >= 15 is 0 Å². The number of nitrogens with zero attached hydrogens (tertiary/aromatic N) is 1. The number of ether oxygens (including phenoxy) is 1. The molecule has 0 saturated carbocycles. The molecule has 3 N–H and O–H groups in total. The van der Waals surface area contributed by atoms with Gasteiger partial charge in [-0.1, -0.05) is 6.92 Å². The van der Waals surface area contributed by atoms with E-state index in [0.29, 0.717) is 5.95 Å². The number of anilines is 1. The van der Waals surface area contributed by atoms with E-state index in [1.165, 1.54) is 0 Å². The Bertz CT molecular complexity index is 462. The van der Waals surface area contributed by atoms with Crippen LogP contribution in [0.15, 0.2) is 12.1 Å². The van der Waals surface area contributed by atoms with Gasteiger partial charge in [0, 0.05) is 6.07 Å². The van der Waals surface area contributed by atoms with Crippen molar-refractivity contribution in [3.8, 4) is 5.75 Å². The predicted molar refractivity (Wildman–Crippen MR) is 56.4 cm³/mol. The van der Waals surface area contributed by atoms with E-state index < -0.39 is 0 Å². The van der Waals surface area contributed by atoms with E-state index in [9.17, 15) is 0 Å². The molecule has 0 aliphatic carbocycles. The lowest BCUT2D eigenvalue weighted by Crippen LogP contribution is -1.88. The average molecular weight is 191 g/mol. The van der Waals surface area contributed by atoms with Crippen molar-refractivity contribution in [1.82, 2.24) is 9.97 Å². The molecule has 1 heterocycles. The zero-order valence-electron chi connectivity index (χ0n) is 8.29. The highest BCUT2D eigenvalue weighted by Gasteiger charge is 2.07. The lowest BCUT2D eigenvalue weighted by molar-refractivity contribution is 0.415. The van der Waals surface area contributed by atoms with E-state index in [0.717, 1.165) is 28.8 Å². The van der Waals surface area contributed by atoms with Crippen molar-refractivity contribution in [2.24, 2.45) is 0 Å². The molecule has 0 radical (unpaired) electrons. The first-order valence-corrected chi connectivity index (χ1v) is 4.56. The van der Waals surface area contributed by atoms with Crippen LogP contribution in [0.5, 0.6) is 5.75 Å². The molecule has 4 nitrogen and oxygen atoms in total. The fourth-order valence-electron chi connectivity index (χ4n) is 1.57. The maximum absolute atomic E-state index is 5.60. The van der Waals surface area contributed by atoms with Crippen LogP contribution < -0.4 is 10.5 Å². The standard InChI is InChI=1S/C10H13N3O/c1-3-6-4-7(14-2)5-8-9(6)13-10(11)12-8/h4-5H,3H2,1-2H3,(H3,11,12,13). The molecule has 0 unspecified atom stereocenters. The van der Waals surface area contributed by atoms with Crippen LogP contribution in [-0.2, 0) is 6.42 Å². The van der Waals surface area contributed by atoms with E-state index in [2.05, 4.69) is 16.9 Å². The molecule has 4 heteroatoms. The van der Waals surface area contributed by atoms with Crippen LogP contribution in [0.4, 0.5) is 5.95 Å². The number of imidazole rings is 1. The minimum absolute atomic E-state index is 0.447. The van der Waals surface area contributed by atoms with E-state index in [-0.39, 0.29) is 0 Å². The second kappa shape index (κ2) is 3.21. The summed E-state index contributed by atoms with van der Waals surface area (Å²) in [5.74, 6) is 1.28. The van der Waals surface area contributed by atoms with Gasteiger partial charge in [0.2, 0.25) is 0 Å². The van der Waals surface area contributed by atoms with Crippen molar-refractivity contribution in [2.75, 3.05) is 12.8 Å². The van der Waals surface area contributed by atoms with Crippen LogP contribution in [0.25, 0.3) is 11.0 Å². The van der Waals surface area contributed by atoms with Gasteiger partial charge in [-0.05, 0) is 18.1 Å². The molecule has 1 aromatic heterocycles.